The average molecular weight is 398 g/mol. The van der Waals surface area contributed by atoms with Crippen molar-refractivity contribution in [2.75, 3.05) is 7.11 Å². The van der Waals surface area contributed by atoms with Gasteiger partial charge in [0.1, 0.15) is 0 Å². The summed E-state index contributed by atoms with van der Waals surface area (Å²) in [6.07, 6.45) is 5.42. The van der Waals surface area contributed by atoms with Gasteiger partial charge in [-0.1, -0.05) is 76.2 Å². The van der Waals surface area contributed by atoms with E-state index in [0.29, 0.717) is 0 Å². The molecule has 4 heteroatoms. The van der Waals surface area contributed by atoms with Gasteiger partial charge < -0.3 is 4.43 Å². The molecule has 0 unspecified atom stereocenters. The maximum absolute atomic E-state index is 5.43. The Bertz CT molecular complexity index is 98.4. The first-order chi connectivity index (χ1) is 5.12. The predicted octanol–water partition coefficient (Wildman–Crippen LogP) is 4.02. The lowest BCUT2D eigenvalue weighted by molar-refractivity contribution is 0.433. The first kappa shape index (κ1) is 12.6. The minimum atomic E-state index is -1.29. The number of halogens is 2. The molecule has 0 atom stereocenters. The van der Waals surface area contributed by atoms with Crippen LogP contribution in [0.2, 0.25) is 6.04 Å². The lowest BCUT2D eigenvalue weighted by Gasteiger charge is -2.14. The topological polar surface area (TPSA) is 9.23 Å². The summed E-state index contributed by atoms with van der Waals surface area (Å²) < 4.78 is 4.14. The fourth-order valence-corrected chi connectivity index (χ4v) is 4.01. The Morgan fingerprint density at radius 3 is 2.27 bits per heavy atom. The summed E-state index contributed by atoms with van der Waals surface area (Å²) in [5, 5.41) is 0. The van der Waals surface area contributed by atoms with Crippen LogP contribution in [-0.4, -0.2) is 10.4 Å². The standard InChI is InChI=1S/C7H16I2OSi/c1-3-4-5-6-7-11(8,9)10-2/h3-7H2,1-2H3. The van der Waals surface area contributed by atoms with Crippen molar-refractivity contribution in [3.05, 3.63) is 0 Å². The van der Waals surface area contributed by atoms with Gasteiger partial charge in [0.15, 0.2) is 0 Å². The van der Waals surface area contributed by atoms with Crippen molar-refractivity contribution in [3.63, 3.8) is 0 Å². The Labute approximate surface area is 96.2 Å². The van der Waals surface area contributed by atoms with Crippen molar-refractivity contribution < 1.29 is 4.43 Å². The monoisotopic (exact) mass is 398 g/mol. The summed E-state index contributed by atoms with van der Waals surface area (Å²) >= 11 is 4.99. The molecule has 0 saturated carbocycles. The zero-order valence-corrected chi connectivity index (χ0v) is 12.5. The molecule has 0 aromatic carbocycles. The van der Waals surface area contributed by atoms with E-state index in [2.05, 4.69) is 50.5 Å². The second-order valence-corrected chi connectivity index (χ2v) is 21.5. The second-order valence-electron chi connectivity index (χ2n) is 2.65. The zero-order chi connectivity index (χ0) is 8.74. The van der Waals surface area contributed by atoms with Crippen LogP contribution >= 0.6 is 43.6 Å². The Hall–Kier alpha value is 1.64. The second kappa shape index (κ2) is 7.08. The van der Waals surface area contributed by atoms with E-state index in [-0.39, 0.29) is 0 Å². The van der Waals surface area contributed by atoms with Gasteiger partial charge in [0.25, 0.3) is 0 Å². The first-order valence-corrected chi connectivity index (χ1v) is 12.4. The molecule has 0 radical (unpaired) electrons. The molecule has 0 rings (SSSR count). The molecule has 68 valence electrons. The van der Waals surface area contributed by atoms with Gasteiger partial charge in [0.2, 0.25) is 0 Å². The largest absolute Gasteiger partial charge is 0.403 e. The summed E-state index contributed by atoms with van der Waals surface area (Å²) in [6, 6.07) is 1.30. The van der Waals surface area contributed by atoms with Crippen molar-refractivity contribution in [3.8, 4) is 0 Å². The fraction of sp³-hybridized carbons (Fsp3) is 1.00. The third-order valence-corrected chi connectivity index (χ3v) is 9.03. The molecule has 0 aliphatic heterocycles. The molecule has 0 aliphatic rings. The molecular weight excluding hydrogens is 382 g/mol. The molecule has 0 aliphatic carbocycles. The Morgan fingerprint density at radius 1 is 1.18 bits per heavy atom. The van der Waals surface area contributed by atoms with Gasteiger partial charge in [0, 0.05) is 7.11 Å². The van der Waals surface area contributed by atoms with Gasteiger partial charge in [-0.2, -0.15) is 0 Å². The SMILES string of the molecule is CCCCCC[Si](I)(I)OC. The van der Waals surface area contributed by atoms with E-state index in [0.717, 1.165) is 0 Å². The number of hydrogen-bond acceptors (Lipinski definition) is 1. The van der Waals surface area contributed by atoms with Gasteiger partial charge in [0.05, 0.1) is 0 Å². The van der Waals surface area contributed by atoms with E-state index in [1.807, 2.05) is 7.11 Å². The average Bonchev–Trinajstić information content (AvgIpc) is 1.99. The quantitative estimate of drug-likeness (QED) is 0.284. The third kappa shape index (κ3) is 7.98. The van der Waals surface area contributed by atoms with E-state index in [9.17, 15) is 0 Å². The normalized spacial score (nSPS) is 12.0. The van der Waals surface area contributed by atoms with Crippen LogP contribution in [-0.2, 0) is 4.43 Å². The van der Waals surface area contributed by atoms with Gasteiger partial charge >= 0.3 is 3.31 Å². The van der Waals surface area contributed by atoms with Crippen molar-refractivity contribution in [2.24, 2.45) is 0 Å². The highest BCUT2D eigenvalue weighted by Crippen LogP contribution is 2.29. The highest BCUT2D eigenvalue weighted by molar-refractivity contribution is 14.3. The lowest BCUT2D eigenvalue weighted by Crippen LogP contribution is -2.19. The van der Waals surface area contributed by atoms with Crippen LogP contribution in [0.25, 0.3) is 0 Å². The molecule has 1 nitrogen and oxygen atoms in total. The summed E-state index contributed by atoms with van der Waals surface area (Å²) in [7, 11) is 1.84. The molecule has 0 spiro atoms. The number of unbranched alkanes of at least 4 members (excludes halogenated alkanes) is 3. The van der Waals surface area contributed by atoms with Gasteiger partial charge in [-0.15, -0.1) is 0 Å². The van der Waals surface area contributed by atoms with Crippen LogP contribution in [0.15, 0.2) is 0 Å². The van der Waals surface area contributed by atoms with Crippen molar-refractivity contribution in [2.45, 2.75) is 38.7 Å². The molecule has 0 N–H and O–H groups in total. The molecule has 0 saturated heterocycles. The summed E-state index contributed by atoms with van der Waals surface area (Å²) in [5.74, 6) is 0. The van der Waals surface area contributed by atoms with Gasteiger partial charge in [-0.25, -0.2) is 0 Å². The van der Waals surface area contributed by atoms with Crippen LogP contribution in [0.1, 0.15) is 32.6 Å². The van der Waals surface area contributed by atoms with Gasteiger partial charge in [-0.05, 0) is 6.04 Å². The summed E-state index contributed by atoms with van der Waals surface area (Å²) in [6.45, 7) is 2.25. The molecule has 0 heterocycles. The molecule has 0 bridgehead atoms. The third-order valence-electron chi connectivity index (χ3n) is 1.62. The number of rotatable bonds is 6. The fourth-order valence-electron chi connectivity index (χ4n) is 0.860. The van der Waals surface area contributed by atoms with Gasteiger partial charge in [-0.3, -0.25) is 0 Å². The molecule has 11 heavy (non-hydrogen) atoms. The van der Waals surface area contributed by atoms with Crippen LogP contribution in [0, 0.1) is 0 Å². The van der Waals surface area contributed by atoms with E-state index >= 15 is 0 Å². The minimum Gasteiger partial charge on any atom is -0.403 e. The first-order valence-electron chi connectivity index (χ1n) is 4.05. The summed E-state index contributed by atoms with van der Waals surface area (Å²) in [5.41, 5.74) is 0. The molecule has 0 aromatic rings. The molecular formula is C7H16I2OSi. The lowest BCUT2D eigenvalue weighted by atomic mass is 10.2. The maximum atomic E-state index is 5.43. The van der Waals surface area contributed by atoms with E-state index in [1.54, 1.807) is 0 Å². The van der Waals surface area contributed by atoms with Crippen LogP contribution in [0.3, 0.4) is 0 Å². The molecule has 0 fully saturated rings. The zero-order valence-electron chi connectivity index (χ0n) is 7.20. The van der Waals surface area contributed by atoms with E-state index in [1.165, 1.54) is 31.7 Å². The predicted molar refractivity (Wildman–Crippen MR) is 69.8 cm³/mol. The molecule has 0 amide bonds. The van der Waals surface area contributed by atoms with E-state index < -0.39 is 3.31 Å². The maximum Gasteiger partial charge on any atom is 0.325 e. The van der Waals surface area contributed by atoms with Crippen molar-refractivity contribution >= 4 is 46.9 Å². The Kier molecular flexibility index (Phi) is 8.13. The van der Waals surface area contributed by atoms with E-state index in [4.69, 9.17) is 4.43 Å². The highest BCUT2D eigenvalue weighted by atomic mass is 127. The minimum absolute atomic E-state index is 1.29. The molecule has 0 aromatic heterocycles. The highest BCUT2D eigenvalue weighted by Gasteiger charge is 2.25. The van der Waals surface area contributed by atoms with Crippen molar-refractivity contribution in [1.29, 1.82) is 0 Å². The van der Waals surface area contributed by atoms with Crippen LogP contribution in [0.5, 0.6) is 0 Å². The van der Waals surface area contributed by atoms with Crippen LogP contribution < -0.4 is 0 Å². The van der Waals surface area contributed by atoms with Crippen LogP contribution in [0.4, 0.5) is 0 Å². The number of hydrogen-bond donors (Lipinski definition) is 0. The Balaban J connectivity index is 3.23. The van der Waals surface area contributed by atoms with Crippen molar-refractivity contribution in [1.82, 2.24) is 0 Å². The smallest absolute Gasteiger partial charge is 0.325 e. The summed E-state index contributed by atoms with van der Waals surface area (Å²) in [4.78, 5) is 0. The Morgan fingerprint density at radius 2 is 1.82 bits per heavy atom.